The third kappa shape index (κ3) is 37.2. The molecule has 0 aliphatic carbocycles. The lowest BCUT2D eigenvalue weighted by molar-refractivity contribution is -0.149. The number of fused-ring (bicyclic) bond motifs is 6. The summed E-state index contributed by atoms with van der Waals surface area (Å²) in [6, 6.07) is 39.3. The highest BCUT2D eigenvalue weighted by atomic mass is 16.7. The van der Waals surface area contributed by atoms with Crippen molar-refractivity contribution in [3.8, 4) is 34.5 Å². The monoisotopic (exact) mass is 2040 g/mol. The van der Waals surface area contributed by atoms with Gasteiger partial charge >= 0.3 is 90.5 Å². The van der Waals surface area contributed by atoms with Gasteiger partial charge in [0.2, 0.25) is 13.6 Å². The molecule has 792 valence electrons. The predicted molar refractivity (Wildman–Crippen MR) is 553 cm³/mol. The molecule has 6 aliphatic rings. The molecule has 0 amide bonds. The van der Waals surface area contributed by atoms with Crippen molar-refractivity contribution < 1.29 is 163 Å². The topological polar surface area (TPSA) is 490 Å². The minimum absolute atomic E-state index is 0.0735. The van der Waals surface area contributed by atoms with Crippen molar-refractivity contribution in [3.63, 3.8) is 0 Å². The van der Waals surface area contributed by atoms with Crippen LogP contribution in [0.15, 0.2) is 140 Å². The highest BCUT2D eigenvalue weighted by Crippen LogP contribution is 2.44. The Balaban J connectivity index is 0.000000217. The van der Waals surface area contributed by atoms with E-state index < -0.39 is 104 Å². The van der Waals surface area contributed by atoms with Gasteiger partial charge < -0.3 is 96.0 Å². The lowest BCUT2D eigenvalue weighted by Gasteiger charge is -2.28. The quantitative estimate of drug-likeness (QED) is 0.00679. The Bertz CT molecular complexity index is 5620. The van der Waals surface area contributed by atoms with E-state index in [1.54, 1.807) is 110 Å². The zero-order valence-corrected chi connectivity index (χ0v) is 86.7. The normalized spacial score (nSPS) is 16.1. The third-order valence-corrected chi connectivity index (χ3v) is 24.6. The molecule has 0 unspecified atom stereocenters. The van der Waals surface area contributed by atoms with Crippen LogP contribution in [-0.4, -0.2) is 195 Å². The summed E-state index contributed by atoms with van der Waals surface area (Å²) in [5.41, 5.74) is 6.67. The van der Waals surface area contributed by atoms with Crippen LogP contribution >= 0.6 is 0 Å². The van der Waals surface area contributed by atoms with Gasteiger partial charge in [0.05, 0.1) is 32.0 Å². The number of carbonyl (C=O) groups is 14. The fourth-order valence-electron chi connectivity index (χ4n) is 17.3. The van der Waals surface area contributed by atoms with Crippen LogP contribution < -0.4 is 27.9 Å². The fraction of sp³-hybridized carbons (Fsp3) is 0.481. The average molecular weight is 2050 g/mol. The first-order valence-electron chi connectivity index (χ1n) is 51.3. The number of esters is 8. The molecule has 6 aliphatic heterocycles. The van der Waals surface area contributed by atoms with Crippen molar-refractivity contribution in [1.29, 1.82) is 0 Å². The highest BCUT2D eigenvalue weighted by Gasteiger charge is 2.45. The summed E-state index contributed by atoms with van der Waals surface area (Å²) >= 11 is 0. The molecule has 0 radical (unpaired) electrons. The molecular formula is C108H138B6O34. The third-order valence-electron chi connectivity index (χ3n) is 24.6. The van der Waals surface area contributed by atoms with Crippen LogP contribution in [0.3, 0.4) is 0 Å². The Kier molecular flexibility index (Phi) is 50.9. The minimum Gasteiger partial charge on any atom is -0.535 e. The maximum absolute atomic E-state index is 12.5. The van der Waals surface area contributed by atoms with E-state index in [-0.39, 0.29) is 130 Å². The Morgan fingerprint density at radius 2 is 0.514 bits per heavy atom. The molecule has 6 N–H and O–H groups in total. The molecule has 40 heteroatoms. The molecule has 148 heavy (non-hydrogen) atoms. The molecule has 34 nitrogen and oxygen atoms in total. The van der Waals surface area contributed by atoms with Crippen molar-refractivity contribution in [1.82, 2.24) is 0 Å². The van der Waals surface area contributed by atoms with Gasteiger partial charge in [0.25, 0.3) is 0 Å². The van der Waals surface area contributed by atoms with Gasteiger partial charge in [-0.1, -0.05) is 167 Å². The Labute approximate surface area is 867 Å². The van der Waals surface area contributed by atoms with Crippen LogP contribution in [0.2, 0.25) is 34.9 Å². The van der Waals surface area contributed by atoms with Crippen molar-refractivity contribution in [2.45, 2.75) is 291 Å². The fourth-order valence-corrected chi connectivity index (χ4v) is 17.3. The van der Waals surface area contributed by atoms with Crippen LogP contribution in [0.5, 0.6) is 34.5 Å². The average Bonchev–Trinajstić information content (AvgIpc) is 0.814. The summed E-state index contributed by atoms with van der Waals surface area (Å²) in [5, 5.41) is 61.3. The van der Waals surface area contributed by atoms with E-state index in [0.717, 1.165) is 85.6 Å². The predicted octanol–water partition coefficient (Wildman–Crippen LogP) is 16.6. The number of rotatable bonds is 43. The summed E-state index contributed by atoms with van der Waals surface area (Å²) in [5.74, 6) is -3.37. The Morgan fingerprint density at radius 3 is 0.750 bits per heavy atom. The highest BCUT2D eigenvalue weighted by molar-refractivity contribution is 6.49. The summed E-state index contributed by atoms with van der Waals surface area (Å²) in [6.45, 7) is 22.8. The molecule has 6 heterocycles. The molecule has 6 atom stereocenters. The second kappa shape index (κ2) is 62.5. The van der Waals surface area contributed by atoms with Gasteiger partial charge in [-0.2, -0.15) is 0 Å². The SMILES string of the molecule is CCCC(=O)C[C@H]1Cc2cccc(C(=O)OCC(C)C)c2OB1O.CCCC(=O)C[C@H]1Cc2cccc(C(=O)OCC)c2OB1O.CCCC(=O)C[C@H]1Cc2cccc(C(=O)OCOC(=O)c3ccccc3)c2OB1O.CCCC(=O)C[C@H]1Cc2cccc(C(=O)OCOC(C)=O)c2OB1O.CCCCOC(=O)c1cccc2c1OB(O)[C@@H](CC(=O)CCC)C2.CCCOC(=O)c1cccc2c1OB(O)[C@@H](CC(=O)CCC)C2. The number of ether oxygens (including phenoxy) is 8. The molecule has 0 saturated carbocycles. The van der Waals surface area contributed by atoms with E-state index in [4.69, 9.17) is 61.1 Å². The van der Waals surface area contributed by atoms with Crippen LogP contribution in [0, 0.1) is 5.92 Å². The second-order valence-electron chi connectivity index (χ2n) is 37.4. The van der Waals surface area contributed by atoms with Crippen molar-refractivity contribution >= 4 is 125 Å². The van der Waals surface area contributed by atoms with E-state index in [9.17, 15) is 97.3 Å². The molecule has 0 saturated heterocycles. The van der Waals surface area contributed by atoms with Crippen molar-refractivity contribution in [2.24, 2.45) is 5.92 Å². The summed E-state index contributed by atoms with van der Waals surface area (Å²) in [4.78, 5) is 167. The first-order chi connectivity index (χ1) is 71.0. The number of hydrogen-bond acceptors (Lipinski definition) is 34. The minimum atomic E-state index is -1.19. The summed E-state index contributed by atoms with van der Waals surface area (Å²) < 4.78 is 73.4. The largest absolute Gasteiger partial charge is 0.535 e. The second-order valence-corrected chi connectivity index (χ2v) is 37.4. The zero-order chi connectivity index (χ0) is 108. The first kappa shape index (κ1) is 120. The lowest BCUT2D eigenvalue weighted by atomic mass is 9.64. The number of ketones is 6. The molecule has 13 rings (SSSR count). The van der Waals surface area contributed by atoms with Crippen LogP contribution in [-0.2, 0) is 110 Å². The Morgan fingerprint density at radius 1 is 0.277 bits per heavy atom. The van der Waals surface area contributed by atoms with Gasteiger partial charge in [-0.15, -0.1) is 0 Å². The molecule has 0 fully saturated rings. The van der Waals surface area contributed by atoms with E-state index in [1.165, 1.54) is 19.1 Å². The zero-order valence-electron chi connectivity index (χ0n) is 86.7. The number of unbranched alkanes of at least 4 members (excludes halogenated alkanes) is 1. The molecule has 0 bridgehead atoms. The van der Waals surface area contributed by atoms with Gasteiger partial charge in [-0.05, 0) is 185 Å². The number of hydrogen-bond donors (Lipinski definition) is 6. The number of benzene rings is 7. The van der Waals surface area contributed by atoms with Gasteiger partial charge in [0.1, 0.15) is 103 Å². The molecular weight excluding hydrogens is 1910 g/mol. The van der Waals surface area contributed by atoms with Crippen molar-refractivity contribution in [2.75, 3.05) is 40.0 Å². The Hall–Kier alpha value is -12.7. The van der Waals surface area contributed by atoms with Crippen LogP contribution in [0.25, 0.3) is 0 Å². The van der Waals surface area contributed by atoms with E-state index >= 15 is 0 Å². The molecule has 0 aromatic heterocycles. The van der Waals surface area contributed by atoms with Crippen LogP contribution in [0.4, 0.5) is 0 Å². The number of para-hydroxylation sites is 6. The van der Waals surface area contributed by atoms with Gasteiger partial charge in [-0.3, -0.25) is 33.6 Å². The molecule has 7 aromatic rings. The molecule has 0 spiro atoms. The summed E-state index contributed by atoms with van der Waals surface area (Å²) in [7, 11) is -6.69. The van der Waals surface area contributed by atoms with E-state index in [1.807, 2.05) is 93.5 Å². The van der Waals surface area contributed by atoms with Gasteiger partial charge in [0.15, 0.2) is 0 Å². The maximum atomic E-state index is 12.5. The summed E-state index contributed by atoms with van der Waals surface area (Å²) in [6.07, 6.45) is 14.7. The molecule has 7 aromatic carbocycles. The number of Topliss-reactive ketones (excluding diaryl/α,β-unsaturated/α-hetero) is 6. The smallest absolute Gasteiger partial charge is 0.526 e. The standard InChI is InChI=1S/C22H23BO7.2C18H25BO5.C17H21BO7.C17H23BO5.C16H21BO5/c1-2-7-18(24)13-17-12-16-10-6-11-19(20(16)30-23(17)27)22(26)29-14-28-21(25)15-8-4-3-5-9-15;1-4-6-15(20)10-14-9-13-7-5-8-16(17(13)24-19(14)22)18(21)23-11-12(2)3;1-3-5-10-23-18(21)16-9-6-8-13-11-14(12-15(20)7-4-2)19(22)24-17(13)16;1-3-5-14(20)9-13-8-12-6-4-7-15(16(12)25-18(13)22)17(21)24-10-23-11(2)19;1-3-6-14(19)11-13-10-12-7-5-8-15(16(12)23-18(13)21)17(20)22-9-4-2;1-3-6-13(18)10-12-9-11-7-5-8-14(16(19)21-4-2)15(11)22-17(12)20/h3-6,8-11,17,27H,2,7,12-14H2,1H3;5,7-8,12,14,22H,4,6,9-11H2,1-3H3;6,8-9,14,22H,3-5,7,10-12H2,1-2H3;4,6-7,13,22H,3,5,8-10H2,1-2H3;5,7-8,13,21H,3-4,6,9-11H2,1-2H3;5,7-8,12,20H,3-4,6,9-10H2,1-2H3/t17-;2*14-;2*13-;12-/m111111/s1. The first-order valence-corrected chi connectivity index (χ1v) is 51.3. The maximum Gasteiger partial charge on any atom is 0.526 e. The van der Waals surface area contributed by atoms with E-state index in [2.05, 4.69) is 4.74 Å². The van der Waals surface area contributed by atoms with Gasteiger partial charge in [0, 0.05) is 119 Å². The lowest BCUT2D eigenvalue weighted by Crippen LogP contribution is -2.36. The van der Waals surface area contributed by atoms with E-state index in [0.29, 0.717) is 166 Å². The van der Waals surface area contributed by atoms with Gasteiger partial charge in [-0.25, -0.2) is 33.6 Å². The van der Waals surface area contributed by atoms with Crippen molar-refractivity contribution in [3.05, 3.63) is 212 Å². The van der Waals surface area contributed by atoms with Crippen LogP contribution in [0.1, 0.15) is 324 Å². The number of carbonyl (C=O) groups excluding carboxylic acids is 14.